The van der Waals surface area contributed by atoms with E-state index in [2.05, 4.69) is 20.3 Å². The van der Waals surface area contributed by atoms with Gasteiger partial charge in [-0.3, -0.25) is 15.1 Å². The first-order chi connectivity index (χ1) is 10.0. The number of hydrogen-bond acceptors (Lipinski definition) is 6. The number of carbonyl (C=O) groups excluding carboxylic acids is 1. The maximum atomic E-state index is 11.9. The lowest BCUT2D eigenvalue weighted by atomic mass is 10.2. The Hall–Kier alpha value is -1.93. The number of hydrogen-bond donors (Lipinski definition) is 4. The number of amides is 1. The molecule has 116 valence electrons. The molecule has 0 saturated heterocycles. The summed E-state index contributed by atoms with van der Waals surface area (Å²) in [6.07, 6.45) is 5.23. The van der Waals surface area contributed by atoms with Crippen LogP contribution in [0, 0.1) is 0 Å². The molecule has 1 aromatic rings. The van der Waals surface area contributed by atoms with Gasteiger partial charge >= 0.3 is 0 Å². The van der Waals surface area contributed by atoms with E-state index >= 15 is 0 Å². The van der Waals surface area contributed by atoms with Crippen molar-refractivity contribution >= 4 is 29.3 Å². The second kappa shape index (κ2) is 9.09. The molecule has 1 rings (SSSR count). The normalized spacial score (nSPS) is 11.4. The van der Waals surface area contributed by atoms with Gasteiger partial charge in [-0.25, -0.2) is 9.97 Å². The molecule has 9 heteroatoms. The van der Waals surface area contributed by atoms with E-state index in [0.29, 0.717) is 13.1 Å². The summed E-state index contributed by atoms with van der Waals surface area (Å²) in [4.78, 5) is 23.5. The van der Waals surface area contributed by atoms with Crippen LogP contribution in [0.5, 0.6) is 0 Å². The number of unbranched alkanes of at least 4 members (excludes halogenated alkanes) is 3. The minimum atomic E-state index is -0.591. The van der Waals surface area contributed by atoms with Crippen LogP contribution in [0.25, 0.3) is 0 Å². The van der Waals surface area contributed by atoms with Crippen LogP contribution < -0.4 is 22.5 Å². The van der Waals surface area contributed by atoms with Gasteiger partial charge in [0.2, 0.25) is 0 Å². The highest BCUT2D eigenvalue weighted by Crippen LogP contribution is 2.09. The molecule has 0 aliphatic carbocycles. The number of aromatic nitrogens is 2. The van der Waals surface area contributed by atoms with Gasteiger partial charge in [-0.05, 0) is 19.4 Å². The molecule has 0 unspecified atom stereocenters. The summed E-state index contributed by atoms with van der Waals surface area (Å²) in [5.74, 6) is -0.599. The van der Waals surface area contributed by atoms with Gasteiger partial charge in [-0.15, -0.1) is 0 Å². The monoisotopic (exact) mass is 313 g/mol. The van der Waals surface area contributed by atoms with Crippen LogP contribution in [0.2, 0.25) is 5.15 Å². The fourth-order valence-electron chi connectivity index (χ4n) is 1.57. The number of nitrogens with zero attached hydrogens (tertiary/aromatic N) is 3. The molecule has 0 spiro atoms. The predicted molar refractivity (Wildman–Crippen MR) is 82.9 cm³/mol. The van der Waals surface area contributed by atoms with Crippen LogP contribution in [-0.2, 0) is 0 Å². The highest BCUT2D eigenvalue weighted by atomic mass is 35.5. The molecule has 21 heavy (non-hydrogen) atoms. The van der Waals surface area contributed by atoms with Crippen molar-refractivity contribution in [2.24, 2.45) is 16.5 Å². The molecule has 0 fully saturated rings. The van der Waals surface area contributed by atoms with Crippen molar-refractivity contribution < 1.29 is 4.79 Å². The fraction of sp³-hybridized carbons (Fsp3) is 0.500. The van der Waals surface area contributed by atoms with E-state index in [4.69, 9.17) is 28.8 Å². The van der Waals surface area contributed by atoms with Gasteiger partial charge in [-0.1, -0.05) is 24.4 Å². The summed E-state index contributed by atoms with van der Waals surface area (Å²) in [6, 6.07) is 0. The molecular weight excluding hydrogens is 294 g/mol. The third-order valence-corrected chi connectivity index (χ3v) is 2.80. The lowest BCUT2D eigenvalue weighted by molar-refractivity contribution is 0.0972. The standard InChI is InChI=1S/C12H20ClN7O/c13-8-7-18-10(15)9(19-8)11(21)20-12(16)17-6-4-2-1-3-5-14/h7H,1-6,14H2,(H2,15,18)(H3,16,17,20,21). The maximum absolute atomic E-state index is 11.9. The molecule has 0 aliphatic rings. The van der Waals surface area contributed by atoms with Crippen molar-refractivity contribution in [3.8, 4) is 0 Å². The smallest absolute Gasteiger partial charge is 0.280 e. The summed E-state index contributed by atoms with van der Waals surface area (Å²) in [5.41, 5.74) is 16.5. The molecule has 1 heterocycles. The zero-order valence-corrected chi connectivity index (χ0v) is 12.4. The molecule has 1 amide bonds. The van der Waals surface area contributed by atoms with Gasteiger partial charge in [0.1, 0.15) is 5.15 Å². The van der Waals surface area contributed by atoms with E-state index in [1.165, 1.54) is 6.20 Å². The van der Waals surface area contributed by atoms with Crippen molar-refractivity contribution in [3.05, 3.63) is 17.0 Å². The van der Waals surface area contributed by atoms with Gasteiger partial charge in [0.15, 0.2) is 17.5 Å². The third kappa shape index (κ3) is 6.37. The molecule has 0 bridgehead atoms. The van der Waals surface area contributed by atoms with Crippen molar-refractivity contribution in [2.45, 2.75) is 25.7 Å². The Morgan fingerprint density at radius 1 is 1.33 bits per heavy atom. The number of halogens is 1. The molecule has 7 N–H and O–H groups in total. The second-order valence-electron chi connectivity index (χ2n) is 4.35. The van der Waals surface area contributed by atoms with Crippen LogP contribution >= 0.6 is 11.6 Å². The van der Waals surface area contributed by atoms with Gasteiger partial charge in [0, 0.05) is 6.54 Å². The number of anilines is 1. The molecule has 0 aliphatic heterocycles. The SMILES string of the molecule is NCCCCCCN=C(N)NC(=O)c1nc(Cl)cnc1N. The van der Waals surface area contributed by atoms with E-state index in [-0.39, 0.29) is 22.6 Å². The van der Waals surface area contributed by atoms with Crippen molar-refractivity contribution in [3.63, 3.8) is 0 Å². The average molecular weight is 314 g/mol. The minimum absolute atomic E-state index is 0.0139. The van der Waals surface area contributed by atoms with E-state index in [9.17, 15) is 4.79 Å². The highest BCUT2D eigenvalue weighted by molar-refractivity contribution is 6.29. The van der Waals surface area contributed by atoms with Gasteiger partial charge in [0.25, 0.3) is 5.91 Å². The van der Waals surface area contributed by atoms with Gasteiger partial charge in [-0.2, -0.15) is 0 Å². The molecule has 0 aromatic carbocycles. The first-order valence-corrected chi connectivity index (χ1v) is 7.01. The average Bonchev–Trinajstić information content (AvgIpc) is 2.45. The van der Waals surface area contributed by atoms with Crippen molar-refractivity contribution in [2.75, 3.05) is 18.8 Å². The maximum Gasteiger partial charge on any atom is 0.280 e. The number of nitrogens with two attached hydrogens (primary N) is 3. The summed E-state index contributed by atoms with van der Waals surface area (Å²) in [6.45, 7) is 1.23. The van der Waals surface area contributed by atoms with Crippen LogP contribution in [0.4, 0.5) is 5.82 Å². The Kier molecular flexibility index (Phi) is 7.41. The Bertz CT molecular complexity index is 506. The Morgan fingerprint density at radius 2 is 2.05 bits per heavy atom. The summed E-state index contributed by atoms with van der Waals surface area (Å²) in [5, 5.41) is 2.47. The van der Waals surface area contributed by atoms with E-state index in [1.54, 1.807) is 0 Å². The van der Waals surface area contributed by atoms with E-state index in [1.807, 2.05) is 0 Å². The molecule has 0 radical (unpaired) electrons. The van der Waals surface area contributed by atoms with Gasteiger partial charge < -0.3 is 17.2 Å². The molecule has 8 nitrogen and oxygen atoms in total. The minimum Gasteiger partial charge on any atom is -0.382 e. The van der Waals surface area contributed by atoms with Gasteiger partial charge in [0.05, 0.1) is 6.20 Å². The number of aliphatic imine (C=N–C) groups is 1. The Morgan fingerprint density at radius 3 is 2.76 bits per heavy atom. The summed E-state index contributed by atoms with van der Waals surface area (Å²) in [7, 11) is 0. The summed E-state index contributed by atoms with van der Waals surface area (Å²) < 4.78 is 0. The quantitative estimate of drug-likeness (QED) is 0.323. The molecule has 0 saturated carbocycles. The Labute approximate surface area is 128 Å². The second-order valence-corrected chi connectivity index (χ2v) is 4.74. The number of nitrogens with one attached hydrogen (secondary N) is 1. The lowest BCUT2D eigenvalue weighted by Gasteiger charge is -2.06. The van der Waals surface area contributed by atoms with E-state index in [0.717, 1.165) is 25.7 Å². The Balaban J connectivity index is 2.44. The zero-order chi connectivity index (χ0) is 15.7. The van der Waals surface area contributed by atoms with Crippen molar-refractivity contribution in [1.29, 1.82) is 0 Å². The summed E-state index contributed by atoms with van der Waals surface area (Å²) >= 11 is 5.66. The van der Waals surface area contributed by atoms with Crippen LogP contribution in [0.15, 0.2) is 11.2 Å². The van der Waals surface area contributed by atoms with E-state index < -0.39 is 5.91 Å². The number of carbonyl (C=O) groups is 1. The van der Waals surface area contributed by atoms with Crippen LogP contribution in [0.1, 0.15) is 36.2 Å². The topological polar surface area (TPSA) is 145 Å². The number of rotatable bonds is 7. The number of guanidine groups is 1. The van der Waals surface area contributed by atoms with Crippen molar-refractivity contribution in [1.82, 2.24) is 15.3 Å². The first-order valence-electron chi connectivity index (χ1n) is 6.64. The number of nitrogen functional groups attached to an aromatic ring is 1. The lowest BCUT2D eigenvalue weighted by Crippen LogP contribution is -2.37. The van der Waals surface area contributed by atoms with Crippen LogP contribution in [-0.4, -0.2) is 34.9 Å². The molecular formula is C12H20ClN7O. The molecule has 1 aromatic heterocycles. The highest BCUT2D eigenvalue weighted by Gasteiger charge is 2.14. The van der Waals surface area contributed by atoms with Crippen LogP contribution in [0.3, 0.4) is 0 Å². The fourth-order valence-corrected chi connectivity index (χ4v) is 1.70. The zero-order valence-electron chi connectivity index (χ0n) is 11.7. The predicted octanol–water partition coefficient (Wildman–Crippen LogP) is 0.276. The molecule has 0 atom stereocenters. The third-order valence-electron chi connectivity index (χ3n) is 2.62. The first kappa shape index (κ1) is 17.1. The largest absolute Gasteiger partial charge is 0.382 e.